The molecule has 1 aromatic carbocycles. The first-order valence-corrected chi connectivity index (χ1v) is 8.68. The Hall–Kier alpha value is -3.11. The molecule has 26 heavy (non-hydrogen) atoms. The molecule has 0 aliphatic carbocycles. The lowest BCUT2D eigenvalue weighted by Gasteiger charge is -2.12. The van der Waals surface area contributed by atoms with Gasteiger partial charge in [0.25, 0.3) is 5.91 Å². The maximum Gasteiger partial charge on any atom is 0.349 e. The van der Waals surface area contributed by atoms with Gasteiger partial charge in [0.1, 0.15) is 17.4 Å². The van der Waals surface area contributed by atoms with Gasteiger partial charge in [-0.05, 0) is 42.1 Å². The van der Waals surface area contributed by atoms with Crippen molar-refractivity contribution in [1.82, 2.24) is 5.32 Å². The van der Waals surface area contributed by atoms with E-state index in [0.717, 1.165) is 4.88 Å². The number of hydrogen-bond acceptors (Lipinski definition) is 6. The van der Waals surface area contributed by atoms with Crippen LogP contribution in [0.4, 0.5) is 0 Å². The van der Waals surface area contributed by atoms with E-state index in [1.807, 2.05) is 17.5 Å². The van der Waals surface area contributed by atoms with Gasteiger partial charge in [-0.25, -0.2) is 4.79 Å². The third-order valence-corrected chi connectivity index (χ3v) is 4.31. The molecule has 1 unspecified atom stereocenters. The Balaban J connectivity index is 1.95. The maximum absolute atomic E-state index is 12.1. The van der Waals surface area contributed by atoms with E-state index in [9.17, 15) is 14.9 Å². The highest BCUT2D eigenvalue weighted by molar-refractivity contribution is 7.09. The number of amides is 1. The van der Waals surface area contributed by atoms with E-state index in [1.165, 1.54) is 24.3 Å². The molecule has 1 heterocycles. The first kappa shape index (κ1) is 19.2. The summed E-state index contributed by atoms with van der Waals surface area (Å²) >= 11 is 1.52. The molecule has 1 atom stereocenters. The van der Waals surface area contributed by atoms with Gasteiger partial charge in [0.2, 0.25) is 0 Å². The Bertz CT molecular complexity index is 820. The van der Waals surface area contributed by atoms with E-state index in [4.69, 9.17) is 9.47 Å². The molecular weight excluding hydrogens is 352 g/mol. The van der Waals surface area contributed by atoms with Crippen LogP contribution < -0.4 is 10.1 Å². The van der Waals surface area contributed by atoms with Gasteiger partial charge in [-0.3, -0.25) is 4.79 Å². The van der Waals surface area contributed by atoms with Crippen molar-refractivity contribution in [2.75, 3.05) is 7.11 Å². The summed E-state index contributed by atoms with van der Waals surface area (Å²) in [5.41, 5.74) is 0.460. The highest BCUT2D eigenvalue weighted by atomic mass is 32.1. The predicted molar refractivity (Wildman–Crippen MR) is 98.3 cm³/mol. The summed E-state index contributed by atoms with van der Waals surface area (Å²) in [6, 6.07) is 12.4. The van der Waals surface area contributed by atoms with Crippen molar-refractivity contribution in [3.63, 3.8) is 0 Å². The average molecular weight is 370 g/mol. The molecule has 0 aliphatic heterocycles. The second kappa shape index (κ2) is 9.39. The van der Waals surface area contributed by atoms with Crippen LogP contribution in [-0.4, -0.2) is 25.1 Å². The van der Waals surface area contributed by atoms with E-state index in [2.05, 4.69) is 5.32 Å². The molecule has 0 saturated heterocycles. The Morgan fingerprint density at radius 3 is 2.62 bits per heavy atom. The Labute approximate surface area is 155 Å². The summed E-state index contributed by atoms with van der Waals surface area (Å²) in [5, 5.41) is 13.8. The molecule has 0 saturated carbocycles. The van der Waals surface area contributed by atoms with Crippen molar-refractivity contribution in [2.45, 2.75) is 19.6 Å². The van der Waals surface area contributed by atoms with Gasteiger partial charge in [-0.2, -0.15) is 5.26 Å². The number of nitrogens with one attached hydrogen (secondary N) is 1. The van der Waals surface area contributed by atoms with Gasteiger partial charge in [-0.1, -0.05) is 18.2 Å². The fourth-order valence-corrected chi connectivity index (χ4v) is 2.66. The number of hydrogen-bond donors (Lipinski definition) is 1. The molecule has 1 N–H and O–H groups in total. The van der Waals surface area contributed by atoms with Gasteiger partial charge in [0, 0.05) is 4.88 Å². The van der Waals surface area contributed by atoms with Crippen molar-refractivity contribution in [3.8, 4) is 11.8 Å². The van der Waals surface area contributed by atoms with E-state index in [-0.39, 0.29) is 5.57 Å². The second-order valence-electron chi connectivity index (χ2n) is 5.29. The zero-order valence-corrected chi connectivity index (χ0v) is 15.2. The van der Waals surface area contributed by atoms with Gasteiger partial charge in [0.05, 0.1) is 13.7 Å². The average Bonchev–Trinajstić information content (AvgIpc) is 3.18. The van der Waals surface area contributed by atoms with Crippen LogP contribution in [0.2, 0.25) is 0 Å². The van der Waals surface area contributed by atoms with Crippen LogP contribution in [0.3, 0.4) is 0 Å². The quantitative estimate of drug-likeness (QED) is 0.460. The molecule has 0 spiro atoms. The number of methoxy groups -OCH3 is 1. The van der Waals surface area contributed by atoms with E-state index >= 15 is 0 Å². The largest absolute Gasteiger partial charge is 0.497 e. The van der Waals surface area contributed by atoms with Crippen LogP contribution in [0.5, 0.6) is 5.75 Å². The zero-order chi connectivity index (χ0) is 18.9. The highest BCUT2D eigenvalue weighted by Crippen LogP contribution is 2.15. The molecule has 0 aliphatic rings. The van der Waals surface area contributed by atoms with Crippen molar-refractivity contribution in [3.05, 3.63) is 57.8 Å². The minimum absolute atomic E-state index is 0.187. The number of carbonyl (C=O) groups excluding carboxylic acids is 2. The zero-order valence-electron chi connectivity index (χ0n) is 14.4. The van der Waals surface area contributed by atoms with Gasteiger partial charge in [0.15, 0.2) is 6.10 Å². The monoisotopic (exact) mass is 370 g/mol. The summed E-state index contributed by atoms with van der Waals surface area (Å²) in [4.78, 5) is 25.1. The Morgan fingerprint density at radius 2 is 2.04 bits per heavy atom. The third kappa shape index (κ3) is 5.46. The molecule has 134 valence electrons. The van der Waals surface area contributed by atoms with Gasteiger partial charge < -0.3 is 14.8 Å². The highest BCUT2D eigenvalue weighted by Gasteiger charge is 2.20. The summed E-state index contributed by atoms with van der Waals surface area (Å²) in [7, 11) is 1.55. The molecule has 2 aromatic rings. The summed E-state index contributed by atoms with van der Waals surface area (Å²) in [5.74, 6) is -0.602. The normalized spacial score (nSPS) is 12.0. The number of ether oxygens (including phenoxy) is 2. The van der Waals surface area contributed by atoms with Crippen LogP contribution in [0.15, 0.2) is 47.4 Å². The first-order chi connectivity index (χ1) is 12.5. The van der Waals surface area contributed by atoms with E-state index < -0.39 is 18.0 Å². The maximum atomic E-state index is 12.1. The first-order valence-electron chi connectivity index (χ1n) is 7.80. The van der Waals surface area contributed by atoms with Gasteiger partial charge in [-0.15, -0.1) is 11.3 Å². The predicted octanol–water partition coefficient (Wildman–Crippen LogP) is 2.91. The summed E-state index contributed by atoms with van der Waals surface area (Å²) < 4.78 is 10.1. The smallest absolute Gasteiger partial charge is 0.349 e. The van der Waals surface area contributed by atoms with Crippen LogP contribution >= 0.6 is 11.3 Å². The summed E-state index contributed by atoms with van der Waals surface area (Å²) in [6.07, 6.45) is 0.396. The second-order valence-corrected chi connectivity index (χ2v) is 6.32. The van der Waals surface area contributed by atoms with Crippen molar-refractivity contribution < 1.29 is 19.1 Å². The van der Waals surface area contributed by atoms with Crippen molar-refractivity contribution in [2.24, 2.45) is 0 Å². The van der Waals surface area contributed by atoms with Crippen LogP contribution in [0.1, 0.15) is 17.4 Å². The lowest BCUT2D eigenvalue weighted by Crippen LogP contribution is -2.35. The standard InChI is InChI=1S/C19H18N2O4S/c1-13(18(22)21-12-17-4-3-9-26-17)25-19(23)15(11-20)10-14-5-7-16(24-2)8-6-14/h3-10,13H,12H2,1-2H3,(H,21,22)/b15-10+. The number of nitrogens with zero attached hydrogens (tertiary/aromatic N) is 1. The number of esters is 1. The topological polar surface area (TPSA) is 88.4 Å². The molecule has 1 amide bonds. The minimum Gasteiger partial charge on any atom is -0.497 e. The Kier molecular flexibility index (Phi) is 6.94. The fraction of sp³-hybridized carbons (Fsp3) is 0.211. The minimum atomic E-state index is -1.00. The van der Waals surface area contributed by atoms with E-state index in [1.54, 1.807) is 37.4 Å². The van der Waals surface area contributed by atoms with Crippen molar-refractivity contribution in [1.29, 1.82) is 5.26 Å². The van der Waals surface area contributed by atoms with Crippen LogP contribution in [0, 0.1) is 11.3 Å². The lowest BCUT2D eigenvalue weighted by atomic mass is 10.1. The molecule has 7 heteroatoms. The third-order valence-electron chi connectivity index (χ3n) is 3.44. The van der Waals surface area contributed by atoms with E-state index in [0.29, 0.717) is 17.9 Å². The molecular formula is C19H18N2O4S. The van der Waals surface area contributed by atoms with Gasteiger partial charge >= 0.3 is 5.97 Å². The summed E-state index contributed by atoms with van der Waals surface area (Å²) in [6.45, 7) is 1.83. The Morgan fingerprint density at radius 1 is 1.31 bits per heavy atom. The SMILES string of the molecule is COc1ccc(/C=C(\C#N)C(=O)OC(C)C(=O)NCc2cccs2)cc1. The molecule has 2 rings (SSSR count). The molecule has 6 nitrogen and oxygen atoms in total. The molecule has 0 bridgehead atoms. The molecule has 0 radical (unpaired) electrons. The fourth-order valence-electron chi connectivity index (χ4n) is 2.01. The number of benzene rings is 1. The van der Waals surface area contributed by atoms with Crippen molar-refractivity contribution >= 4 is 29.3 Å². The molecule has 0 fully saturated rings. The lowest BCUT2D eigenvalue weighted by molar-refractivity contribution is -0.150. The molecule has 1 aromatic heterocycles. The number of thiophene rings is 1. The number of carbonyl (C=O) groups is 2. The number of nitriles is 1. The van der Waals surface area contributed by atoms with Crippen LogP contribution in [0.25, 0.3) is 6.08 Å². The number of rotatable bonds is 7. The van der Waals surface area contributed by atoms with Crippen LogP contribution in [-0.2, 0) is 20.9 Å².